The van der Waals surface area contributed by atoms with Crippen LogP contribution in [0.4, 0.5) is 21.1 Å². The summed E-state index contributed by atoms with van der Waals surface area (Å²) >= 11 is 0. The lowest BCUT2D eigenvalue weighted by molar-refractivity contribution is -0.790. The van der Waals surface area contributed by atoms with Crippen molar-refractivity contribution in [2.24, 2.45) is 0 Å². The summed E-state index contributed by atoms with van der Waals surface area (Å²) in [5.41, 5.74) is 3.00. The second-order valence-electron chi connectivity index (χ2n) is 12.6. The highest BCUT2D eigenvalue weighted by molar-refractivity contribution is 5.98. The standard InChI is InChI=1S/C33H43N5O6/c1-21(2)34-32(40)44-25-13-11-23(17-25)27-19-29(38(37-27)33(3,4)5)36-31(39)35-24-12-14-28(26(18-24)30-41-15-16-42-30)43-20-22-9-7-6-8-10-22/h6-10,12,14,18-19,21,23,25,30H,11,13,15-17,20H2,1-5H3,(H3,34,35,36,37,39,40)/p+1/t23-,25+/m0/s1. The third-order valence-corrected chi connectivity index (χ3v) is 7.57. The molecule has 1 saturated heterocycles. The van der Waals surface area contributed by atoms with Crippen LogP contribution in [0, 0.1) is 0 Å². The maximum absolute atomic E-state index is 13.3. The summed E-state index contributed by atoms with van der Waals surface area (Å²) in [7, 11) is 0. The molecular weight excluding hydrogens is 562 g/mol. The second kappa shape index (κ2) is 13.7. The van der Waals surface area contributed by atoms with E-state index in [1.54, 1.807) is 6.07 Å². The van der Waals surface area contributed by atoms with Gasteiger partial charge in [-0.1, -0.05) is 30.3 Å². The van der Waals surface area contributed by atoms with E-state index in [4.69, 9.17) is 18.9 Å². The molecule has 0 spiro atoms. The topological polar surface area (TPSA) is 127 Å². The minimum atomic E-state index is -0.573. The molecule has 0 radical (unpaired) electrons. The zero-order valence-corrected chi connectivity index (χ0v) is 26.1. The van der Waals surface area contributed by atoms with Crippen LogP contribution in [0.5, 0.6) is 5.75 Å². The number of carbonyl (C=O) groups excluding carboxylic acids is 2. The van der Waals surface area contributed by atoms with Gasteiger partial charge in [0.25, 0.3) is 0 Å². The lowest BCUT2D eigenvalue weighted by atomic mass is 10.0. The van der Waals surface area contributed by atoms with Crippen molar-refractivity contribution in [2.45, 2.75) is 90.4 Å². The molecule has 3 amide bonds. The molecule has 44 heavy (non-hydrogen) atoms. The van der Waals surface area contributed by atoms with Gasteiger partial charge in [0.15, 0.2) is 6.29 Å². The molecule has 1 saturated carbocycles. The minimum absolute atomic E-state index is 0.0236. The second-order valence-corrected chi connectivity index (χ2v) is 12.6. The number of nitrogens with zero attached hydrogens (tertiary/aromatic N) is 1. The normalized spacial score (nSPS) is 18.8. The van der Waals surface area contributed by atoms with Crippen molar-refractivity contribution in [1.82, 2.24) is 10.4 Å². The van der Waals surface area contributed by atoms with Crippen LogP contribution in [0.15, 0.2) is 54.6 Å². The van der Waals surface area contributed by atoms with Crippen LogP contribution in [0.3, 0.4) is 0 Å². The van der Waals surface area contributed by atoms with Crippen LogP contribution in [0.25, 0.3) is 0 Å². The quantitative estimate of drug-likeness (QED) is 0.218. The summed E-state index contributed by atoms with van der Waals surface area (Å²) in [6, 6.07) is 17.0. The van der Waals surface area contributed by atoms with Crippen molar-refractivity contribution in [3.63, 3.8) is 0 Å². The van der Waals surface area contributed by atoms with Crippen molar-refractivity contribution >= 4 is 23.6 Å². The summed E-state index contributed by atoms with van der Waals surface area (Å²) in [4.78, 5) is 25.4. The van der Waals surface area contributed by atoms with E-state index in [2.05, 4.69) is 41.8 Å². The number of hydrogen-bond donors (Lipinski definition) is 4. The van der Waals surface area contributed by atoms with Gasteiger partial charge < -0.3 is 24.3 Å². The number of aromatic amines is 1. The number of anilines is 2. The molecule has 236 valence electrons. The van der Waals surface area contributed by atoms with Crippen LogP contribution in [0.1, 0.15) is 82.9 Å². The van der Waals surface area contributed by atoms with Crippen LogP contribution in [-0.4, -0.2) is 42.6 Å². The number of urea groups is 1. The molecule has 2 aliphatic rings. The first-order valence-corrected chi connectivity index (χ1v) is 15.3. The van der Waals surface area contributed by atoms with Gasteiger partial charge >= 0.3 is 17.9 Å². The van der Waals surface area contributed by atoms with Crippen molar-refractivity contribution in [2.75, 3.05) is 23.8 Å². The fraction of sp³-hybridized carbons (Fsp3) is 0.485. The maximum atomic E-state index is 13.3. The molecule has 11 nitrogen and oxygen atoms in total. The number of nitrogens with one attached hydrogen (secondary N) is 4. The molecule has 2 fully saturated rings. The van der Waals surface area contributed by atoms with Gasteiger partial charge in [0.2, 0.25) is 0 Å². The van der Waals surface area contributed by atoms with Crippen molar-refractivity contribution in [3.8, 4) is 5.75 Å². The summed E-state index contributed by atoms with van der Waals surface area (Å²) in [5, 5.41) is 12.2. The number of rotatable bonds is 9. The smallest absolute Gasteiger partial charge is 0.411 e. The van der Waals surface area contributed by atoms with Gasteiger partial charge in [-0.05, 0) is 77.6 Å². The zero-order chi connectivity index (χ0) is 31.3. The lowest BCUT2D eigenvalue weighted by Crippen LogP contribution is -2.54. The molecule has 1 aromatic heterocycles. The van der Waals surface area contributed by atoms with Gasteiger partial charge in [-0.2, -0.15) is 10.00 Å². The first kappa shape index (κ1) is 31.3. The first-order chi connectivity index (χ1) is 21.0. The number of aromatic nitrogens is 2. The van der Waals surface area contributed by atoms with Crippen LogP contribution < -0.4 is 25.4 Å². The van der Waals surface area contributed by atoms with E-state index in [-0.39, 0.29) is 35.7 Å². The van der Waals surface area contributed by atoms with Gasteiger partial charge in [-0.3, -0.25) is 5.32 Å². The molecule has 2 heterocycles. The third kappa shape index (κ3) is 8.09. The van der Waals surface area contributed by atoms with E-state index in [1.165, 1.54) is 0 Å². The van der Waals surface area contributed by atoms with Gasteiger partial charge in [-0.15, -0.1) is 0 Å². The summed E-state index contributed by atoms with van der Waals surface area (Å²) in [6.45, 7) is 11.4. The Morgan fingerprint density at radius 1 is 1.02 bits per heavy atom. The number of H-pyrrole nitrogens is 1. The Hall–Kier alpha value is -4.09. The van der Waals surface area contributed by atoms with Crippen molar-refractivity contribution < 1.29 is 33.2 Å². The molecule has 5 rings (SSSR count). The number of amides is 3. The number of carbonyl (C=O) groups is 2. The SMILES string of the molecule is CC(C)NC(=O)O[C@@H]1CC[C@H](c2cc(NC(=O)Nc3ccc(OCc4ccccc4)c(C4OCCO4)c3)[n+](C(C)(C)C)[nH]2)C1. The van der Waals surface area contributed by atoms with Gasteiger partial charge in [-0.25, -0.2) is 14.7 Å². The van der Waals surface area contributed by atoms with Crippen molar-refractivity contribution in [3.05, 3.63) is 71.4 Å². The molecule has 11 heteroatoms. The van der Waals surface area contributed by atoms with Crippen LogP contribution >= 0.6 is 0 Å². The largest absolute Gasteiger partial charge is 0.488 e. The Morgan fingerprint density at radius 2 is 1.77 bits per heavy atom. The zero-order valence-electron chi connectivity index (χ0n) is 26.1. The van der Waals surface area contributed by atoms with E-state index in [9.17, 15) is 9.59 Å². The van der Waals surface area contributed by atoms with E-state index in [0.717, 1.165) is 24.1 Å². The number of ether oxygens (including phenoxy) is 4. The summed E-state index contributed by atoms with van der Waals surface area (Å²) in [5.74, 6) is 1.45. The Labute approximate surface area is 258 Å². The fourth-order valence-corrected chi connectivity index (χ4v) is 5.51. The number of benzene rings is 2. The molecule has 2 atom stereocenters. The third-order valence-electron chi connectivity index (χ3n) is 7.57. The van der Waals surface area contributed by atoms with E-state index < -0.39 is 6.29 Å². The average molecular weight is 607 g/mol. The average Bonchev–Trinajstić information content (AvgIpc) is 3.74. The minimum Gasteiger partial charge on any atom is -0.488 e. The van der Waals surface area contributed by atoms with Gasteiger partial charge in [0, 0.05) is 17.6 Å². The van der Waals surface area contributed by atoms with E-state index in [0.29, 0.717) is 49.1 Å². The van der Waals surface area contributed by atoms with E-state index in [1.807, 2.05) is 67.1 Å². The van der Waals surface area contributed by atoms with Gasteiger partial charge in [0.05, 0.1) is 30.5 Å². The highest BCUT2D eigenvalue weighted by Gasteiger charge is 2.34. The molecule has 3 aromatic rings. The molecule has 1 aliphatic heterocycles. The molecule has 0 unspecified atom stereocenters. The Bertz CT molecular complexity index is 1430. The Kier molecular flexibility index (Phi) is 9.75. The van der Waals surface area contributed by atoms with E-state index >= 15 is 0 Å². The maximum Gasteiger partial charge on any atom is 0.411 e. The monoisotopic (exact) mass is 606 g/mol. The molecular formula is C33H44N5O6+. The molecule has 4 N–H and O–H groups in total. The molecule has 1 aliphatic carbocycles. The predicted octanol–water partition coefficient (Wildman–Crippen LogP) is 6.10. The number of hydrogen-bond acceptors (Lipinski definition) is 6. The number of alkyl carbamates (subject to hydrolysis) is 1. The van der Waals surface area contributed by atoms with Crippen LogP contribution in [-0.2, 0) is 26.4 Å². The fourth-order valence-electron chi connectivity index (χ4n) is 5.51. The van der Waals surface area contributed by atoms with Gasteiger partial charge in [0.1, 0.15) is 24.0 Å². The van der Waals surface area contributed by atoms with Crippen molar-refractivity contribution in [1.29, 1.82) is 0 Å². The molecule has 0 bridgehead atoms. The highest BCUT2D eigenvalue weighted by atomic mass is 16.7. The first-order valence-electron chi connectivity index (χ1n) is 15.3. The Morgan fingerprint density at radius 3 is 2.48 bits per heavy atom. The lowest BCUT2D eigenvalue weighted by Gasteiger charge is -2.18. The summed E-state index contributed by atoms with van der Waals surface area (Å²) < 4.78 is 25.2. The van der Waals surface area contributed by atoms with Crippen LogP contribution in [0.2, 0.25) is 0 Å². The highest BCUT2D eigenvalue weighted by Crippen LogP contribution is 2.37. The predicted molar refractivity (Wildman–Crippen MR) is 166 cm³/mol. The Balaban J connectivity index is 1.27. The molecule has 2 aromatic carbocycles. The summed E-state index contributed by atoms with van der Waals surface area (Å²) in [6.07, 6.45) is 1.28.